The van der Waals surface area contributed by atoms with E-state index in [-0.39, 0.29) is 10.8 Å². The molecule has 2 saturated heterocycles. The fourth-order valence-electron chi connectivity index (χ4n) is 3.24. The van der Waals surface area contributed by atoms with Crippen molar-refractivity contribution < 1.29 is 17.9 Å². The second-order valence-electron chi connectivity index (χ2n) is 7.05. The van der Waals surface area contributed by atoms with Crippen LogP contribution in [0.4, 0.5) is 0 Å². The van der Waals surface area contributed by atoms with E-state index >= 15 is 0 Å². The van der Waals surface area contributed by atoms with E-state index < -0.39 is 10.0 Å². The van der Waals surface area contributed by atoms with E-state index in [2.05, 4.69) is 12.2 Å². The van der Waals surface area contributed by atoms with E-state index in [1.807, 2.05) is 0 Å². The molecule has 1 aromatic rings. The highest BCUT2D eigenvalue weighted by Crippen LogP contribution is 2.23. The van der Waals surface area contributed by atoms with Crippen molar-refractivity contribution >= 4 is 15.9 Å². The number of hydrogen-bond acceptors (Lipinski definition) is 4. The predicted molar refractivity (Wildman–Crippen MR) is 94.9 cm³/mol. The second kappa shape index (κ2) is 7.85. The molecule has 0 bridgehead atoms. The molecule has 1 aromatic carbocycles. The van der Waals surface area contributed by atoms with Gasteiger partial charge in [0.05, 0.1) is 11.5 Å². The van der Waals surface area contributed by atoms with Crippen LogP contribution in [0.25, 0.3) is 0 Å². The van der Waals surface area contributed by atoms with Crippen molar-refractivity contribution in [1.82, 2.24) is 9.62 Å². The summed E-state index contributed by atoms with van der Waals surface area (Å²) < 4.78 is 32.2. The number of nitrogens with one attached hydrogen (secondary N) is 1. The number of piperidine rings is 1. The molecule has 6 nitrogen and oxygen atoms in total. The summed E-state index contributed by atoms with van der Waals surface area (Å²) in [6.07, 6.45) is 2.75. The van der Waals surface area contributed by atoms with Crippen LogP contribution in [0.15, 0.2) is 29.2 Å². The normalized spacial score (nSPS) is 22.8. The maximum absolute atomic E-state index is 12.7. The Morgan fingerprint density at radius 1 is 1.20 bits per heavy atom. The molecule has 2 aliphatic rings. The van der Waals surface area contributed by atoms with Gasteiger partial charge in [-0.15, -0.1) is 0 Å². The summed E-state index contributed by atoms with van der Waals surface area (Å²) in [4.78, 5) is 12.4. The minimum absolute atomic E-state index is 0.178. The number of sulfonamides is 1. The molecule has 0 saturated carbocycles. The van der Waals surface area contributed by atoms with Gasteiger partial charge in [0.25, 0.3) is 5.91 Å². The Morgan fingerprint density at radius 2 is 1.88 bits per heavy atom. The van der Waals surface area contributed by atoms with Gasteiger partial charge in [0, 0.05) is 37.7 Å². The third kappa shape index (κ3) is 4.40. The molecule has 0 spiro atoms. The van der Waals surface area contributed by atoms with Crippen LogP contribution in [0, 0.1) is 11.8 Å². The summed E-state index contributed by atoms with van der Waals surface area (Å²) in [6, 6.07) is 6.22. The van der Waals surface area contributed by atoms with Gasteiger partial charge in [-0.3, -0.25) is 4.79 Å². The molecule has 1 unspecified atom stereocenters. The predicted octanol–water partition coefficient (Wildman–Crippen LogP) is 1.87. The maximum Gasteiger partial charge on any atom is 0.251 e. The molecule has 1 amide bonds. The van der Waals surface area contributed by atoms with Crippen LogP contribution in [0.1, 0.15) is 36.5 Å². The van der Waals surface area contributed by atoms with Gasteiger partial charge in [-0.25, -0.2) is 8.42 Å². The Labute approximate surface area is 149 Å². The summed E-state index contributed by atoms with van der Waals surface area (Å²) in [5.41, 5.74) is 0.477. The smallest absolute Gasteiger partial charge is 0.251 e. The van der Waals surface area contributed by atoms with Crippen molar-refractivity contribution in [1.29, 1.82) is 0 Å². The van der Waals surface area contributed by atoms with Crippen LogP contribution in [-0.2, 0) is 14.8 Å². The van der Waals surface area contributed by atoms with Gasteiger partial charge in [0.2, 0.25) is 10.0 Å². The summed E-state index contributed by atoms with van der Waals surface area (Å²) in [6.45, 7) is 5.30. The summed E-state index contributed by atoms with van der Waals surface area (Å²) in [5, 5.41) is 2.89. The highest BCUT2D eigenvalue weighted by Gasteiger charge is 2.28. The first-order chi connectivity index (χ1) is 12.0. The number of ether oxygens (including phenoxy) is 1. The van der Waals surface area contributed by atoms with Gasteiger partial charge < -0.3 is 10.1 Å². The SMILES string of the molecule is CC1CCN(S(=O)(=O)c2ccc(C(=O)NCC3CCOC3)cc2)CC1. The zero-order chi connectivity index (χ0) is 17.9. The number of amides is 1. The average molecular weight is 366 g/mol. The van der Waals surface area contributed by atoms with Crippen molar-refractivity contribution in [2.45, 2.75) is 31.1 Å². The lowest BCUT2D eigenvalue weighted by atomic mass is 10.0. The lowest BCUT2D eigenvalue weighted by Gasteiger charge is -2.29. The highest BCUT2D eigenvalue weighted by atomic mass is 32.2. The number of carbonyl (C=O) groups is 1. The summed E-state index contributed by atoms with van der Waals surface area (Å²) in [5.74, 6) is 0.760. The molecule has 25 heavy (non-hydrogen) atoms. The molecule has 2 aliphatic heterocycles. The van der Waals surface area contributed by atoms with Gasteiger partial charge in [0.1, 0.15) is 0 Å². The van der Waals surface area contributed by atoms with E-state index in [0.717, 1.165) is 25.9 Å². The zero-order valence-corrected chi connectivity index (χ0v) is 15.4. The van der Waals surface area contributed by atoms with Crippen molar-refractivity contribution in [2.75, 3.05) is 32.8 Å². The van der Waals surface area contributed by atoms with Crippen LogP contribution in [-0.4, -0.2) is 51.5 Å². The molecule has 138 valence electrons. The molecule has 2 fully saturated rings. The largest absolute Gasteiger partial charge is 0.381 e. The van der Waals surface area contributed by atoms with Gasteiger partial charge in [-0.05, 0) is 49.4 Å². The van der Waals surface area contributed by atoms with Gasteiger partial charge in [-0.2, -0.15) is 4.31 Å². The topological polar surface area (TPSA) is 75.7 Å². The molecule has 7 heteroatoms. The third-order valence-electron chi connectivity index (χ3n) is 5.07. The van der Waals surface area contributed by atoms with E-state index in [0.29, 0.717) is 43.6 Å². The van der Waals surface area contributed by atoms with Crippen molar-refractivity contribution in [2.24, 2.45) is 11.8 Å². The van der Waals surface area contributed by atoms with Gasteiger partial charge in [-0.1, -0.05) is 6.92 Å². The summed E-state index contributed by atoms with van der Waals surface area (Å²) in [7, 11) is -3.47. The number of nitrogens with zero attached hydrogens (tertiary/aromatic N) is 1. The monoisotopic (exact) mass is 366 g/mol. The first-order valence-electron chi connectivity index (χ1n) is 8.93. The minimum Gasteiger partial charge on any atom is -0.381 e. The highest BCUT2D eigenvalue weighted by molar-refractivity contribution is 7.89. The number of rotatable bonds is 5. The lowest BCUT2D eigenvalue weighted by molar-refractivity contribution is 0.0945. The van der Waals surface area contributed by atoms with Crippen LogP contribution < -0.4 is 5.32 Å². The molecule has 0 aromatic heterocycles. The van der Waals surface area contributed by atoms with Crippen molar-refractivity contribution in [3.63, 3.8) is 0 Å². The number of hydrogen-bond donors (Lipinski definition) is 1. The Hall–Kier alpha value is -1.44. The Kier molecular flexibility index (Phi) is 5.76. The first-order valence-corrected chi connectivity index (χ1v) is 10.4. The summed E-state index contributed by atoms with van der Waals surface area (Å²) >= 11 is 0. The molecular weight excluding hydrogens is 340 g/mol. The van der Waals surface area contributed by atoms with Crippen LogP contribution >= 0.6 is 0 Å². The zero-order valence-electron chi connectivity index (χ0n) is 14.6. The maximum atomic E-state index is 12.7. The first kappa shape index (κ1) is 18.4. The molecule has 0 radical (unpaired) electrons. The molecule has 1 atom stereocenters. The minimum atomic E-state index is -3.47. The van der Waals surface area contributed by atoms with E-state index in [1.54, 1.807) is 16.4 Å². The average Bonchev–Trinajstić information content (AvgIpc) is 3.14. The van der Waals surface area contributed by atoms with E-state index in [9.17, 15) is 13.2 Å². The van der Waals surface area contributed by atoms with Crippen molar-refractivity contribution in [3.05, 3.63) is 29.8 Å². The van der Waals surface area contributed by atoms with Gasteiger partial charge >= 0.3 is 0 Å². The molecular formula is C18H26N2O4S. The molecule has 3 rings (SSSR count). The van der Waals surface area contributed by atoms with Crippen LogP contribution in [0.2, 0.25) is 0 Å². The van der Waals surface area contributed by atoms with E-state index in [1.165, 1.54) is 12.1 Å². The molecule has 2 heterocycles. The third-order valence-corrected chi connectivity index (χ3v) is 6.99. The Morgan fingerprint density at radius 3 is 2.48 bits per heavy atom. The van der Waals surface area contributed by atoms with Crippen molar-refractivity contribution in [3.8, 4) is 0 Å². The van der Waals surface area contributed by atoms with Crippen LogP contribution in [0.5, 0.6) is 0 Å². The Bertz CT molecular complexity index is 688. The van der Waals surface area contributed by atoms with Gasteiger partial charge in [0.15, 0.2) is 0 Å². The lowest BCUT2D eigenvalue weighted by Crippen LogP contribution is -2.37. The number of carbonyl (C=O) groups excluding carboxylic acids is 1. The number of benzene rings is 1. The van der Waals surface area contributed by atoms with Crippen LogP contribution in [0.3, 0.4) is 0 Å². The quantitative estimate of drug-likeness (QED) is 0.863. The second-order valence-corrected chi connectivity index (χ2v) is 8.99. The fraction of sp³-hybridized carbons (Fsp3) is 0.611. The molecule has 1 N–H and O–H groups in total. The standard InChI is InChI=1S/C18H26N2O4S/c1-14-6-9-20(10-7-14)25(22,23)17-4-2-16(3-5-17)18(21)19-12-15-8-11-24-13-15/h2-5,14-15H,6-13H2,1H3,(H,19,21). The molecule has 0 aliphatic carbocycles. The fourth-order valence-corrected chi connectivity index (χ4v) is 4.71. The Balaban J connectivity index is 1.61. The van der Waals surface area contributed by atoms with E-state index in [4.69, 9.17) is 4.74 Å².